The Kier molecular flexibility index (Phi) is 5.30. The van der Waals surface area contributed by atoms with Gasteiger partial charge in [-0.1, -0.05) is 29.3 Å². The Morgan fingerprint density at radius 2 is 2.10 bits per heavy atom. The molecule has 0 spiro atoms. The van der Waals surface area contributed by atoms with Crippen LogP contribution in [0.15, 0.2) is 18.2 Å². The minimum atomic E-state index is -2.91. The summed E-state index contributed by atoms with van der Waals surface area (Å²) in [5.41, 5.74) is 0.414. The van der Waals surface area contributed by atoms with Crippen LogP contribution in [0.3, 0.4) is 0 Å². The van der Waals surface area contributed by atoms with Gasteiger partial charge >= 0.3 is 0 Å². The normalized spacial score (nSPS) is 20.9. The maximum Gasteiger partial charge on any atom is 0.165 e. The number of carbonyl (C=O) groups excluding carboxylic acids is 1. The molecule has 0 N–H and O–H groups in total. The number of halogens is 2. The molecule has 1 fully saturated rings. The maximum absolute atomic E-state index is 12.2. The zero-order chi connectivity index (χ0) is 15.6. The second-order valence-electron chi connectivity index (χ2n) is 5.31. The van der Waals surface area contributed by atoms with Gasteiger partial charge in [0.25, 0.3) is 0 Å². The molecule has 1 aliphatic rings. The van der Waals surface area contributed by atoms with Gasteiger partial charge in [0, 0.05) is 24.6 Å². The maximum atomic E-state index is 12.2. The molecule has 1 saturated heterocycles. The van der Waals surface area contributed by atoms with Crippen molar-refractivity contribution in [3.63, 3.8) is 0 Å². The van der Waals surface area contributed by atoms with Crippen molar-refractivity contribution in [1.29, 1.82) is 0 Å². The predicted octanol–water partition coefficient (Wildman–Crippen LogP) is 2.69. The molecule has 0 radical (unpaired) electrons. The molecular formula is C14H17Cl2NO3S. The Bertz CT molecular complexity index is 646. The molecule has 116 valence electrons. The van der Waals surface area contributed by atoms with E-state index in [0.717, 1.165) is 0 Å². The summed E-state index contributed by atoms with van der Waals surface area (Å²) >= 11 is 11.9. The van der Waals surface area contributed by atoms with Crippen molar-refractivity contribution in [2.45, 2.75) is 18.9 Å². The topological polar surface area (TPSA) is 54.5 Å². The smallest absolute Gasteiger partial charge is 0.165 e. The summed E-state index contributed by atoms with van der Waals surface area (Å²) in [6.45, 7) is 0.502. The fraction of sp³-hybridized carbons (Fsp3) is 0.500. The van der Waals surface area contributed by atoms with Crippen LogP contribution in [0.1, 0.15) is 23.2 Å². The number of ketones is 1. The van der Waals surface area contributed by atoms with Crippen LogP contribution in [0.5, 0.6) is 0 Å². The summed E-state index contributed by atoms with van der Waals surface area (Å²) in [7, 11) is -1.06. The van der Waals surface area contributed by atoms with Crippen LogP contribution in [0.2, 0.25) is 10.0 Å². The number of carbonyl (C=O) groups is 1. The van der Waals surface area contributed by atoms with Gasteiger partial charge in [-0.25, -0.2) is 8.42 Å². The van der Waals surface area contributed by atoms with E-state index >= 15 is 0 Å². The number of nitrogens with zero attached hydrogens (tertiary/aromatic N) is 1. The highest BCUT2D eigenvalue weighted by atomic mass is 35.5. The lowest BCUT2D eigenvalue weighted by Crippen LogP contribution is -2.34. The third kappa shape index (κ3) is 4.19. The van der Waals surface area contributed by atoms with E-state index in [2.05, 4.69) is 0 Å². The van der Waals surface area contributed by atoms with E-state index in [-0.39, 0.29) is 34.8 Å². The largest absolute Gasteiger partial charge is 0.302 e. The van der Waals surface area contributed by atoms with E-state index in [0.29, 0.717) is 23.6 Å². The summed E-state index contributed by atoms with van der Waals surface area (Å²) in [5.74, 6) is 0.321. The van der Waals surface area contributed by atoms with Crippen molar-refractivity contribution in [3.8, 4) is 0 Å². The average Bonchev–Trinajstić information content (AvgIpc) is 2.79. The minimum Gasteiger partial charge on any atom is -0.302 e. The van der Waals surface area contributed by atoms with Crippen LogP contribution < -0.4 is 0 Å². The number of hydrogen-bond donors (Lipinski definition) is 0. The first-order valence-corrected chi connectivity index (χ1v) is 9.26. The van der Waals surface area contributed by atoms with Gasteiger partial charge in [0.15, 0.2) is 15.6 Å². The van der Waals surface area contributed by atoms with Gasteiger partial charge < -0.3 is 4.90 Å². The Balaban J connectivity index is 1.94. The number of sulfone groups is 1. The van der Waals surface area contributed by atoms with E-state index in [4.69, 9.17) is 23.2 Å². The Labute approximate surface area is 134 Å². The van der Waals surface area contributed by atoms with Gasteiger partial charge in [-0.15, -0.1) is 0 Å². The van der Waals surface area contributed by atoms with Crippen LogP contribution in [-0.2, 0) is 9.84 Å². The summed E-state index contributed by atoms with van der Waals surface area (Å²) < 4.78 is 22.9. The minimum absolute atomic E-state index is 0.00219. The molecule has 1 atom stereocenters. The van der Waals surface area contributed by atoms with Crippen molar-refractivity contribution in [2.75, 3.05) is 25.1 Å². The standard InChI is InChI=1S/C14H17Cl2NO3S/c1-17(10-6-8-21(19,20)9-10)7-5-13(18)11-3-2-4-12(15)14(11)16/h2-4,10H,5-9H2,1H3. The molecule has 1 heterocycles. The molecule has 0 amide bonds. The Hall–Kier alpha value is -0.620. The van der Waals surface area contributed by atoms with Crippen LogP contribution >= 0.6 is 23.2 Å². The van der Waals surface area contributed by atoms with Gasteiger partial charge in [0.1, 0.15) is 0 Å². The monoisotopic (exact) mass is 349 g/mol. The Morgan fingerprint density at radius 3 is 2.71 bits per heavy atom. The lowest BCUT2D eigenvalue weighted by molar-refractivity contribution is 0.0963. The van der Waals surface area contributed by atoms with Crippen LogP contribution in [0.4, 0.5) is 0 Å². The molecule has 1 aliphatic heterocycles. The fourth-order valence-electron chi connectivity index (χ4n) is 2.44. The fourth-order valence-corrected chi connectivity index (χ4v) is 4.65. The van der Waals surface area contributed by atoms with Gasteiger partial charge in [-0.2, -0.15) is 0 Å². The molecule has 1 aromatic rings. The van der Waals surface area contributed by atoms with Crippen molar-refractivity contribution in [2.24, 2.45) is 0 Å². The second-order valence-corrected chi connectivity index (χ2v) is 8.33. The first kappa shape index (κ1) is 16.7. The second kappa shape index (κ2) is 6.65. The van der Waals surface area contributed by atoms with Crippen molar-refractivity contribution >= 4 is 38.8 Å². The van der Waals surface area contributed by atoms with Gasteiger partial charge in [0.05, 0.1) is 21.6 Å². The number of Topliss-reactive ketones (excluding diaryl/α,β-unsaturated/α-hetero) is 1. The highest BCUT2D eigenvalue weighted by molar-refractivity contribution is 7.91. The molecule has 21 heavy (non-hydrogen) atoms. The molecule has 2 rings (SSSR count). The zero-order valence-electron chi connectivity index (χ0n) is 11.7. The molecule has 1 unspecified atom stereocenters. The highest BCUT2D eigenvalue weighted by Gasteiger charge is 2.30. The third-order valence-electron chi connectivity index (χ3n) is 3.78. The van der Waals surface area contributed by atoms with Crippen molar-refractivity contribution < 1.29 is 13.2 Å². The lowest BCUT2D eigenvalue weighted by Gasteiger charge is -2.22. The van der Waals surface area contributed by atoms with Gasteiger partial charge in [0.2, 0.25) is 0 Å². The Morgan fingerprint density at radius 1 is 1.38 bits per heavy atom. The highest BCUT2D eigenvalue weighted by Crippen LogP contribution is 2.26. The van der Waals surface area contributed by atoms with E-state index in [1.807, 2.05) is 11.9 Å². The molecule has 1 aromatic carbocycles. The average molecular weight is 350 g/mol. The lowest BCUT2D eigenvalue weighted by atomic mass is 10.1. The summed E-state index contributed by atoms with van der Waals surface area (Å²) in [6.07, 6.45) is 0.915. The van der Waals surface area contributed by atoms with E-state index in [1.165, 1.54) is 0 Å². The third-order valence-corrected chi connectivity index (χ3v) is 6.34. The summed E-state index contributed by atoms with van der Waals surface area (Å²) in [5, 5.41) is 0.632. The van der Waals surface area contributed by atoms with Crippen molar-refractivity contribution in [1.82, 2.24) is 4.90 Å². The van der Waals surface area contributed by atoms with E-state index in [9.17, 15) is 13.2 Å². The van der Waals surface area contributed by atoms with Crippen LogP contribution in [0, 0.1) is 0 Å². The first-order chi connectivity index (χ1) is 9.80. The number of benzene rings is 1. The molecule has 0 aromatic heterocycles. The summed E-state index contributed by atoms with van der Waals surface area (Å²) in [6, 6.07) is 4.97. The van der Waals surface area contributed by atoms with E-state index < -0.39 is 9.84 Å². The summed E-state index contributed by atoms with van der Waals surface area (Å²) in [4.78, 5) is 14.1. The first-order valence-electron chi connectivity index (χ1n) is 6.68. The molecular weight excluding hydrogens is 333 g/mol. The zero-order valence-corrected chi connectivity index (χ0v) is 14.0. The molecule has 4 nitrogen and oxygen atoms in total. The molecule has 7 heteroatoms. The SMILES string of the molecule is CN(CCC(=O)c1cccc(Cl)c1Cl)C1CCS(=O)(=O)C1. The molecule has 0 saturated carbocycles. The number of rotatable bonds is 5. The predicted molar refractivity (Wildman–Crippen MR) is 85.1 cm³/mol. The van der Waals surface area contributed by atoms with Crippen molar-refractivity contribution in [3.05, 3.63) is 33.8 Å². The number of hydrogen-bond acceptors (Lipinski definition) is 4. The van der Waals surface area contributed by atoms with Gasteiger partial charge in [-0.3, -0.25) is 4.79 Å². The van der Waals surface area contributed by atoms with Crippen LogP contribution in [-0.4, -0.2) is 50.2 Å². The van der Waals surface area contributed by atoms with Gasteiger partial charge in [-0.05, 0) is 25.6 Å². The quantitative estimate of drug-likeness (QED) is 0.767. The molecule has 0 aliphatic carbocycles. The molecule has 0 bridgehead atoms. The van der Waals surface area contributed by atoms with E-state index in [1.54, 1.807) is 18.2 Å². The van der Waals surface area contributed by atoms with Crippen LogP contribution in [0.25, 0.3) is 0 Å².